The number of esters is 2. The number of hydrogen-bond donors (Lipinski definition) is 3. The van der Waals surface area contributed by atoms with Gasteiger partial charge < -0.3 is 38.8 Å². The third kappa shape index (κ3) is 36.6. The molecule has 0 bridgehead atoms. The van der Waals surface area contributed by atoms with Crippen LogP contribution in [0, 0.1) is 0 Å². The first-order valence-corrected chi connectivity index (χ1v) is 18.8. The van der Waals surface area contributed by atoms with Crippen LogP contribution in [0.1, 0.15) is 74.7 Å². The van der Waals surface area contributed by atoms with E-state index in [1.165, 1.54) is 6.92 Å². The van der Waals surface area contributed by atoms with Gasteiger partial charge in [0.05, 0.1) is 67.3 Å². The second-order valence-corrected chi connectivity index (χ2v) is 15.5. The Bertz CT molecular complexity index is 1230. The van der Waals surface area contributed by atoms with E-state index >= 15 is 0 Å². The second-order valence-electron chi connectivity index (χ2n) is 13.7. The van der Waals surface area contributed by atoms with E-state index in [0.29, 0.717) is 54.1 Å². The molecule has 0 aliphatic heterocycles. The Morgan fingerprint density at radius 2 is 1.37 bits per heavy atom. The monoisotopic (exact) mass is 793 g/mol. The van der Waals surface area contributed by atoms with Crippen LogP contribution in [-0.2, 0) is 52.6 Å². The van der Waals surface area contributed by atoms with Crippen LogP contribution in [0.15, 0.2) is 36.0 Å². The van der Waals surface area contributed by atoms with E-state index in [-0.39, 0.29) is 44.0 Å². The molecule has 0 spiro atoms. The van der Waals surface area contributed by atoms with Gasteiger partial charge in [0.1, 0.15) is 20.3 Å². The zero-order valence-corrected chi connectivity index (χ0v) is 35.1. The van der Waals surface area contributed by atoms with Crippen molar-refractivity contribution < 1.29 is 66.8 Å². The number of likely N-dealkylation sites (N-methyl/N-ethyl adjacent to an activating group) is 1. The van der Waals surface area contributed by atoms with Gasteiger partial charge in [0.25, 0.3) is 0 Å². The van der Waals surface area contributed by atoms with Gasteiger partial charge in [-0.3, -0.25) is 14.4 Å². The highest BCUT2D eigenvalue weighted by molar-refractivity contribution is 7.69. The van der Waals surface area contributed by atoms with Crippen molar-refractivity contribution in [1.29, 1.82) is 0 Å². The van der Waals surface area contributed by atoms with Gasteiger partial charge in [-0.05, 0) is 54.4 Å². The van der Waals surface area contributed by atoms with Crippen molar-refractivity contribution in [1.82, 2.24) is 10.5 Å². The maximum Gasteiger partial charge on any atom is 0.433 e. The predicted molar refractivity (Wildman–Crippen MR) is 205 cm³/mol. The minimum absolute atomic E-state index is 0.0524. The molecule has 0 saturated heterocycles. The fraction of sp³-hybridized carbons (Fsp3) is 0.667. The molecular weight excluding hydrogens is 727 g/mol. The largest absolute Gasteiger partial charge is 0.462 e. The van der Waals surface area contributed by atoms with Crippen molar-refractivity contribution in [3.63, 3.8) is 0 Å². The van der Waals surface area contributed by atoms with E-state index in [0.717, 1.165) is 17.9 Å². The number of nitrogens with zero attached hydrogens (tertiary/aromatic N) is 2. The van der Waals surface area contributed by atoms with Gasteiger partial charge in [0.15, 0.2) is 0 Å². The molecule has 0 aliphatic rings. The molecule has 1 unspecified atom stereocenters. The first-order chi connectivity index (χ1) is 24.8. The van der Waals surface area contributed by atoms with E-state index in [1.54, 1.807) is 47.6 Å². The number of hydrogen-bond acceptors (Lipinski definition) is 13. The Labute approximate surface area is 322 Å². The lowest BCUT2D eigenvalue weighted by Crippen LogP contribution is -2.41. The van der Waals surface area contributed by atoms with Gasteiger partial charge in [0, 0.05) is 29.8 Å². The smallest absolute Gasteiger partial charge is 0.433 e. The van der Waals surface area contributed by atoms with E-state index < -0.39 is 37.6 Å². The predicted octanol–water partition coefficient (Wildman–Crippen LogP) is 3.69. The van der Waals surface area contributed by atoms with Crippen LogP contribution >= 0.6 is 8.15 Å². The highest BCUT2D eigenvalue weighted by atomic mass is 31.1. The van der Waals surface area contributed by atoms with Gasteiger partial charge in [0.2, 0.25) is 17.3 Å². The van der Waals surface area contributed by atoms with E-state index in [4.69, 9.17) is 34.4 Å². The van der Waals surface area contributed by atoms with Crippen LogP contribution in [0.3, 0.4) is 0 Å². The molecule has 18 heteroatoms. The van der Waals surface area contributed by atoms with Crippen molar-refractivity contribution >= 4 is 43.5 Å². The molecule has 0 saturated carbocycles. The topological polar surface area (TPSA) is 219 Å². The molecule has 4 N–H and O–H groups in total. The van der Waals surface area contributed by atoms with Crippen LogP contribution in [0.2, 0.25) is 0 Å². The van der Waals surface area contributed by atoms with Crippen molar-refractivity contribution in [3.8, 4) is 0 Å². The third-order valence-corrected chi connectivity index (χ3v) is 7.09. The molecule has 0 fully saturated rings. The lowest BCUT2D eigenvalue weighted by atomic mass is 10.2. The summed E-state index contributed by atoms with van der Waals surface area (Å²) < 4.78 is 25.8. The second kappa shape index (κ2) is 30.6. The summed E-state index contributed by atoms with van der Waals surface area (Å²) in [5.41, 5.74) is 7.57. The molecule has 17 nitrogen and oxygen atoms in total. The standard InChI is InChI=1S/C17H31N3O7.C11H21NO4P.C8H14O2/c1-13(15(18)22)7-6-9-24-11-12-25-10-8-20(14(2)21)27-19-16(23)26-17(3,4)5;1-9(2)11(14)16-6-7-17(15)10(13)8-12(3,4)5;1-4-5-6-10-8(9)7(2)3/h7H,6,8-12H2,1-5H3,(H2,18,22)(H,19,23);15H,1,6-8H2,2-5H3;2,4-6H2,1,3H3/q;+1;. The molecular formula is C36H66N4O13P+. The Morgan fingerprint density at radius 3 is 1.81 bits per heavy atom. The van der Waals surface area contributed by atoms with Gasteiger partial charge in [-0.2, -0.15) is 10.5 Å². The lowest BCUT2D eigenvalue weighted by Gasteiger charge is -2.23. The van der Waals surface area contributed by atoms with E-state index in [1.807, 2.05) is 26.6 Å². The summed E-state index contributed by atoms with van der Waals surface area (Å²) in [6, 6.07) is 0. The number of hydroxylamine groups is 3. The Hall–Kier alpha value is -3.73. The fourth-order valence-electron chi connectivity index (χ4n) is 2.98. The van der Waals surface area contributed by atoms with Gasteiger partial charge in [-0.25, -0.2) is 14.4 Å². The van der Waals surface area contributed by atoms with Crippen molar-refractivity contribution in [2.75, 3.05) is 80.0 Å². The summed E-state index contributed by atoms with van der Waals surface area (Å²) in [6.07, 6.45) is 3.65. The summed E-state index contributed by atoms with van der Waals surface area (Å²) in [5.74, 6) is -1.62. The molecule has 312 valence electrons. The number of ether oxygens (including phenoxy) is 5. The van der Waals surface area contributed by atoms with Crippen LogP contribution < -0.4 is 11.2 Å². The fourth-order valence-corrected chi connectivity index (χ4v) is 4.08. The number of carbonyl (C=O) groups is 6. The number of unbranched alkanes of at least 4 members (excludes halogenated alkanes) is 1. The maximum absolute atomic E-state index is 11.6. The molecule has 3 amide bonds. The third-order valence-electron chi connectivity index (χ3n) is 5.76. The number of nitrogens with two attached hydrogens (primary N) is 1. The van der Waals surface area contributed by atoms with Gasteiger partial charge in [-0.15, -0.1) is 4.94 Å². The number of nitrogens with one attached hydrogen (secondary N) is 1. The zero-order chi connectivity index (χ0) is 42.5. The molecule has 0 radical (unpaired) electrons. The lowest BCUT2D eigenvalue weighted by molar-refractivity contribution is -0.861. The van der Waals surface area contributed by atoms with Crippen LogP contribution in [0.25, 0.3) is 0 Å². The highest BCUT2D eigenvalue weighted by Gasteiger charge is 2.23. The summed E-state index contributed by atoms with van der Waals surface area (Å²) in [6.45, 7) is 22.5. The Morgan fingerprint density at radius 1 is 0.852 bits per heavy atom. The normalized spacial score (nSPS) is 11.7. The minimum atomic E-state index is -1.72. The highest BCUT2D eigenvalue weighted by Crippen LogP contribution is 2.31. The summed E-state index contributed by atoms with van der Waals surface area (Å²) in [7, 11) is 3.91. The molecule has 0 aromatic heterocycles. The molecule has 0 aliphatic carbocycles. The number of rotatable bonds is 23. The summed E-state index contributed by atoms with van der Waals surface area (Å²) in [5, 5.41) is 0.947. The van der Waals surface area contributed by atoms with Crippen molar-refractivity contribution in [2.24, 2.45) is 5.73 Å². The van der Waals surface area contributed by atoms with Crippen molar-refractivity contribution in [3.05, 3.63) is 36.0 Å². The van der Waals surface area contributed by atoms with Crippen LogP contribution in [-0.4, -0.2) is 135 Å². The number of primary amides is 1. The zero-order valence-electron chi connectivity index (χ0n) is 34.2. The molecule has 0 heterocycles. The quantitative estimate of drug-likeness (QED) is 0.0256. The van der Waals surface area contributed by atoms with Crippen molar-refractivity contribution in [2.45, 2.75) is 80.3 Å². The Balaban J connectivity index is -0.000000816. The summed E-state index contributed by atoms with van der Waals surface area (Å²) in [4.78, 5) is 81.6. The van der Waals surface area contributed by atoms with Gasteiger partial charge >= 0.3 is 18.0 Å². The van der Waals surface area contributed by atoms with Crippen LogP contribution in [0.4, 0.5) is 4.79 Å². The molecule has 0 aromatic rings. The first kappa shape index (κ1) is 54.6. The molecule has 0 aromatic carbocycles. The van der Waals surface area contributed by atoms with Crippen LogP contribution in [0.5, 0.6) is 0 Å². The van der Waals surface area contributed by atoms with Gasteiger partial charge in [-0.1, -0.05) is 32.6 Å². The first-order valence-electron chi connectivity index (χ1n) is 17.4. The average Bonchev–Trinajstić information content (AvgIpc) is 3.03. The molecule has 0 rings (SSSR count). The van der Waals surface area contributed by atoms with E-state index in [9.17, 15) is 33.7 Å². The summed E-state index contributed by atoms with van der Waals surface area (Å²) >= 11 is 0. The molecule has 1 atom stereocenters. The minimum Gasteiger partial charge on any atom is -0.462 e. The molecule has 54 heavy (non-hydrogen) atoms. The Kier molecular flexibility index (Phi) is 30.9. The average molecular weight is 794 g/mol. The maximum atomic E-state index is 11.6. The SMILES string of the molecule is C=C(C)C(=O)OCCCC.C=C(C)C(=O)OCCP(O)C(=O)C[N+](C)(C)C.CC(=O)N(CCOCCOCCC=C(C)C(N)=O)ONC(=O)OC(C)(C)C. The number of amides is 3. The number of carbonyl (C=O) groups excluding carboxylic acids is 6. The van der Waals surface area contributed by atoms with E-state index in [2.05, 4.69) is 20.1 Å². The number of quaternary nitrogens is 1.